The van der Waals surface area contributed by atoms with Crippen LogP contribution >= 0.6 is 11.3 Å². The third-order valence-electron chi connectivity index (χ3n) is 3.14. The molecule has 7 nitrogen and oxygen atoms in total. The highest BCUT2D eigenvalue weighted by Gasteiger charge is 2.33. The maximum Gasteiger partial charge on any atom is 0.356 e. The van der Waals surface area contributed by atoms with Crippen LogP contribution in [0.2, 0.25) is 0 Å². The number of aliphatic hydroxyl groups is 1. The number of aromatic carboxylic acids is 1. The number of hydrogen-bond donors (Lipinski definition) is 2. The summed E-state index contributed by atoms with van der Waals surface area (Å²) in [4.78, 5) is 14.5. The van der Waals surface area contributed by atoms with Gasteiger partial charge in [0, 0.05) is 19.7 Å². The van der Waals surface area contributed by atoms with Crippen LogP contribution in [0, 0.1) is 5.92 Å². The SMILES string of the molecule is O=C(O)c1ncsc1S(=O)(=O)N1CCC(CO)CC1. The van der Waals surface area contributed by atoms with E-state index in [0.717, 1.165) is 11.3 Å². The summed E-state index contributed by atoms with van der Waals surface area (Å²) >= 11 is 0.814. The molecule has 0 spiro atoms. The van der Waals surface area contributed by atoms with Crippen LogP contribution in [-0.4, -0.2) is 53.6 Å². The van der Waals surface area contributed by atoms with Crippen LogP contribution in [0.25, 0.3) is 0 Å². The number of aromatic nitrogens is 1. The highest BCUT2D eigenvalue weighted by molar-refractivity contribution is 7.91. The first-order chi connectivity index (χ1) is 8.96. The number of carboxylic acid groups (broad SMARTS) is 1. The highest BCUT2D eigenvalue weighted by Crippen LogP contribution is 2.27. The van der Waals surface area contributed by atoms with Crippen molar-refractivity contribution in [1.82, 2.24) is 9.29 Å². The van der Waals surface area contributed by atoms with E-state index in [1.54, 1.807) is 0 Å². The first-order valence-electron chi connectivity index (χ1n) is 5.74. The number of nitrogens with zero attached hydrogens (tertiary/aromatic N) is 2. The van der Waals surface area contributed by atoms with Crippen LogP contribution in [0.5, 0.6) is 0 Å². The van der Waals surface area contributed by atoms with Crippen LogP contribution in [0.15, 0.2) is 9.72 Å². The van der Waals surface area contributed by atoms with Gasteiger partial charge in [-0.25, -0.2) is 18.2 Å². The van der Waals surface area contributed by atoms with Crippen molar-refractivity contribution in [1.29, 1.82) is 0 Å². The predicted molar refractivity (Wildman–Crippen MR) is 67.6 cm³/mol. The number of thiazole rings is 1. The molecule has 1 aromatic heterocycles. The normalized spacial score (nSPS) is 18.6. The minimum atomic E-state index is -3.80. The van der Waals surface area contributed by atoms with Gasteiger partial charge in [0.05, 0.1) is 5.51 Å². The second-order valence-corrected chi connectivity index (χ2v) is 7.31. The lowest BCUT2D eigenvalue weighted by molar-refractivity contribution is 0.0687. The Morgan fingerprint density at radius 2 is 2.11 bits per heavy atom. The van der Waals surface area contributed by atoms with Gasteiger partial charge in [-0.05, 0) is 18.8 Å². The Bertz CT molecular complexity index is 560. The molecule has 19 heavy (non-hydrogen) atoms. The number of sulfonamides is 1. The van der Waals surface area contributed by atoms with E-state index in [-0.39, 0.29) is 16.7 Å². The average Bonchev–Trinajstić information content (AvgIpc) is 2.89. The molecule has 0 bridgehead atoms. The summed E-state index contributed by atoms with van der Waals surface area (Å²) in [6.45, 7) is 0.643. The lowest BCUT2D eigenvalue weighted by Gasteiger charge is -2.29. The fourth-order valence-electron chi connectivity index (χ4n) is 2.01. The van der Waals surface area contributed by atoms with E-state index in [1.807, 2.05) is 0 Å². The molecule has 1 saturated heterocycles. The Hall–Kier alpha value is -1.03. The zero-order valence-electron chi connectivity index (χ0n) is 10.0. The maximum absolute atomic E-state index is 12.3. The van der Waals surface area contributed by atoms with Crippen LogP contribution in [-0.2, 0) is 10.0 Å². The molecule has 0 saturated carbocycles. The minimum Gasteiger partial charge on any atom is -0.476 e. The second-order valence-electron chi connectivity index (χ2n) is 4.32. The summed E-state index contributed by atoms with van der Waals surface area (Å²) in [7, 11) is -3.80. The summed E-state index contributed by atoms with van der Waals surface area (Å²) in [5.74, 6) is -1.23. The van der Waals surface area contributed by atoms with Gasteiger partial charge in [-0.2, -0.15) is 4.31 Å². The number of carboxylic acids is 1. The monoisotopic (exact) mass is 306 g/mol. The molecule has 2 rings (SSSR count). The van der Waals surface area contributed by atoms with Gasteiger partial charge in [0.15, 0.2) is 9.90 Å². The third-order valence-corrected chi connectivity index (χ3v) is 6.39. The molecule has 0 aromatic carbocycles. The minimum absolute atomic E-state index is 0.0504. The van der Waals surface area contributed by atoms with Gasteiger partial charge in [0.25, 0.3) is 10.0 Å². The van der Waals surface area contributed by atoms with Crippen LogP contribution < -0.4 is 0 Å². The van der Waals surface area contributed by atoms with E-state index in [2.05, 4.69) is 4.98 Å². The number of piperidine rings is 1. The summed E-state index contributed by atoms with van der Waals surface area (Å²) in [6.07, 6.45) is 1.16. The molecule has 0 aliphatic carbocycles. The summed E-state index contributed by atoms with van der Waals surface area (Å²) < 4.78 is 25.7. The largest absolute Gasteiger partial charge is 0.476 e. The fourth-order valence-corrected chi connectivity index (χ4v) is 4.76. The van der Waals surface area contributed by atoms with Crippen LogP contribution in [0.4, 0.5) is 0 Å². The fraction of sp³-hybridized carbons (Fsp3) is 0.600. The van der Waals surface area contributed by atoms with Gasteiger partial charge in [-0.15, -0.1) is 11.3 Å². The smallest absolute Gasteiger partial charge is 0.356 e. The van der Waals surface area contributed by atoms with Gasteiger partial charge >= 0.3 is 5.97 Å². The van der Waals surface area contributed by atoms with Crippen LogP contribution in [0.3, 0.4) is 0 Å². The Labute approximate surface area is 114 Å². The van der Waals surface area contributed by atoms with Crippen molar-refractivity contribution in [3.8, 4) is 0 Å². The van der Waals surface area contributed by atoms with E-state index < -0.39 is 21.7 Å². The van der Waals surface area contributed by atoms with Crippen molar-refractivity contribution in [2.45, 2.75) is 17.1 Å². The molecule has 2 N–H and O–H groups in total. The van der Waals surface area contributed by atoms with Crippen molar-refractivity contribution >= 4 is 27.3 Å². The van der Waals surface area contributed by atoms with Crippen molar-refractivity contribution in [3.05, 3.63) is 11.2 Å². The molecule has 0 amide bonds. The molecule has 2 heterocycles. The maximum atomic E-state index is 12.3. The second kappa shape index (κ2) is 5.53. The van der Waals surface area contributed by atoms with Crippen molar-refractivity contribution in [3.63, 3.8) is 0 Å². The lowest BCUT2D eigenvalue weighted by atomic mass is 10.00. The summed E-state index contributed by atoms with van der Waals surface area (Å²) in [5, 5.41) is 18.0. The van der Waals surface area contributed by atoms with Gasteiger partial charge in [-0.3, -0.25) is 0 Å². The molecule has 9 heteroatoms. The molecule has 0 atom stereocenters. The topological polar surface area (TPSA) is 108 Å². The van der Waals surface area contributed by atoms with Crippen LogP contribution in [0.1, 0.15) is 23.3 Å². The Balaban J connectivity index is 2.23. The summed E-state index contributed by atoms with van der Waals surface area (Å²) in [6, 6.07) is 0. The molecular weight excluding hydrogens is 292 g/mol. The Kier molecular flexibility index (Phi) is 4.19. The van der Waals surface area contributed by atoms with Crippen molar-refractivity contribution in [2.75, 3.05) is 19.7 Å². The average molecular weight is 306 g/mol. The number of aliphatic hydroxyl groups excluding tert-OH is 1. The van der Waals surface area contributed by atoms with Gasteiger partial charge in [-0.1, -0.05) is 0 Å². The number of rotatable bonds is 4. The first-order valence-corrected chi connectivity index (χ1v) is 8.06. The van der Waals surface area contributed by atoms with E-state index in [0.29, 0.717) is 25.9 Å². The van der Waals surface area contributed by atoms with E-state index >= 15 is 0 Å². The third kappa shape index (κ3) is 2.78. The molecule has 106 valence electrons. The van der Waals surface area contributed by atoms with Crippen molar-refractivity contribution in [2.24, 2.45) is 5.92 Å². The van der Waals surface area contributed by atoms with E-state index in [1.165, 1.54) is 9.82 Å². The molecule has 1 aliphatic rings. The molecule has 0 radical (unpaired) electrons. The van der Waals surface area contributed by atoms with Gasteiger partial charge in [0.2, 0.25) is 0 Å². The molecule has 0 unspecified atom stereocenters. The molecular formula is C10H14N2O5S2. The Morgan fingerprint density at radius 3 is 2.63 bits per heavy atom. The van der Waals surface area contributed by atoms with Crippen molar-refractivity contribution < 1.29 is 23.4 Å². The predicted octanol–water partition coefficient (Wildman–Crippen LogP) is 0.234. The Morgan fingerprint density at radius 1 is 1.47 bits per heavy atom. The molecule has 1 aliphatic heterocycles. The number of hydrogen-bond acceptors (Lipinski definition) is 6. The van der Waals surface area contributed by atoms with E-state index in [9.17, 15) is 13.2 Å². The zero-order valence-corrected chi connectivity index (χ0v) is 11.7. The lowest BCUT2D eigenvalue weighted by Crippen LogP contribution is -2.39. The number of carbonyl (C=O) groups is 1. The first kappa shape index (κ1) is 14.4. The van der Waals surface area contributed by atoms with Gasteiger partial charge in [0.1, 0.15) is 0 Å². The standard InChI is InChI=1S/C10H14N2O5S2/c13-5-7-1-3-12(4-2-7)19(16,17)10-8(9(14)15)11-6-18-10/h6-7,13H,1-5H2,(H,14,15). The molecule has 1 fully saturated rings. The highest BCUT2D eigenvalue weighted by atomic mass is 32.2. The van der Waals surface area contributed by atoms with Gasteiger partial charge < -0.3 is 10.2 Å². The molecule has 1 aromatic rings. The summed E-state index contributed by atoms with van der Waals surface area (Å²) in [5.41, 5.74) is 0.797. The quantitative estimate of drug-likeness (QED) is 0.824. The zero-order chi connectivity index (χ0) is 14.0. The van der Waals surface area contributed by atoms with E-state index in [4.69, 9.17) is 10.2 Å².